The lowest BCUT2D eigenvalue weighted by Crippen LogP contribution is -2.30. The number of ether oxygens (including phenoxy) is 1. The highest BCUT2D eigenvalue weighted by atomic mass is 32.1. The molecule has 3 aromatic rings. The van der Waals surface area contributed by atoms with Gasteiger partial charge in [-0.1, -0.05) is 36.4 Å². The highest BCUT2D eigenvalue weighted by Crippen LogP contribution is 2.28. The molecule has 1 amide bonds. The molecule has 0 aliphatic carbocycles. The molecule has 134 valence electrons. The number of nitrogens with one attached hydrogen (secondary N) is 1. The summed E-state index contributed by atoms with van der Waals surface area (Å²) in [5.41, 5.74) is 1.44. The molecule has 0 radical (unpaired) electrons. The van der Waals surface area contributed by atoms with Gasteiger partial charge in [0.15, 0.2) is 6.61 Å². The van der Waals surface area contributed by atoms with Crippen LogP contribution in [0.25, 0.3) is 11.3 Å². The average Bonchev–Trinajstić information content (AvgIpc) is 3.30. The van der Waals surface area contributed by atoms with Crippen molar-refractivity contribution in [3.8, 4) is 11.3 Å². The molecule has 0 aliphatic heterocycles. The van der Waals surface area contributed by atoms with E-state index in [2.05, 4.69) is 10.3 Å². The monoisotopic (exact) mass is 386 g/mol. The summed E-state index contributed by atoms with van der Waals surface area (Å²) in [6.07, 6.45) is 0. The number of thiazole rings is 1. The zero-order valence-electron chi connectivity index (χ0n) is 14.4. The molecular weight excluding hydrogens is 368 g/mol. The molecule has 26 heavy (non-hydrogen) atoms. The second kappa shape index (κ2) is 8.25. The third-order valence-electron chi connectivity index (χ3n) is 3.65. The number of benzene rings is 1. The zero-order valence-corrected chi connectivity index (χ0v) is 16.0. The van der Waals surface area contributed by atoms with Crippen molar-refractivity contribution in [3.05, 3.63) is 62.6 Å². The number of amides is 1. The first kappa shape index (κ1) is 18.3. The predicted octanol–water partition coefficient (Wildman–Crippen LogP) is 4.21. The number of rotatable bonds is 6. The number of esters is 1. The molecular formula is C19H18N2O3S2. The summed E-state index contributed by atoms with van der Waals surface area (Å²) in [5.74, 6) is -0.866. The fraction of sp³-hybridized carbons (Fsp3) is 0.211. The van der Waals surface area contributed by atoms with Crippen LogP contribution >= 0.6 is 22.7 Å². The maximum Gasteiger partial charge on any atom is 0.351 e. The van der Waals surface area contributed by atoms with Crippen molar-refractivity contribution >= 4 is 34.6 Å². The molecule has 1 atom stereocenters. The number of carbonyl (C=O) groups excluding carboxylic acids is 2. The van der Waals surface area contributed by atoms with Crippen LogP contribution < -0.4 is 5.32 Å². The maximum absolute atomic E-state index is 12.4. The van der Waals surface area contributed by atoms with Crippen molar-refractivity contribution in [2.75, 3.05) is 6.61 Å². The number of aromatic nitrogens is 1. The molecule has 1 aromatic carbocycles. The summed E-state index contributed by atoms with van der Waals surface area (Å²) in [6.45, 7) is 3.41. The summed E-state index contributed by atoms with van der Waals surface area (Å²) >= 11 is 2.83. The molecule has 0 saturated heterocycles. The third-order valence-corrected chi connectivity index (χ3v) is 5.65. The molecule has 5 nitrogen and oxygen atoms in total. The van der Waals surface area contributed by atoms with Gasteiger partial charge in [0.1, 0.15) is 4.88 Å². The highest BCUT2D eigenvalue weighted by molar-refractivity contribution is 7.14. The molecule has 0 aliphatic rings. The molecule has 0 fully saturated rings. The van der Waals surface area contributed by atoms with Gasteiger partial charge in [0, 0.05) is 10.4 Å². The molecule has 1 N–H and O–H groups in total. The van der Waals surface area contributed by atoms with E-state index >= 15 is 0 Å². The van der Waals surface area contributed by atoms with E-state index in [0.29, 0.717) is 10.6 Å². The van der Waals surface area contributed by atoms with Crippen LogP contribution in [0.5, 0.6) is 0 Å². The van der Waals surface area contributed by atoms with Gasteiger partial charge in [-0.3, -0.25) is 4.79 Å². The Morgan fingerprint density at radius 2 is 1.96 bits per heavy atom. The summed E-state index contributed by atoms with van der Waals surface area (Å²) in [4.78, 5) is 30.4. The van der Waals surface area contributed by atoms with E-state index in [-0.39, 0.29) is 18.6 Å². The number of thiophene rings is 1. The minimum Gasteiger partial charge on any atom is -0.451 e. The lowest BCUT2D eigenvalue weighted by atomic mass is 10.1. The van der Waals surface area contributed by atoms with Crippen LogP contribution in [0.1, 0.15) is 32.5 Å². The van der Waals surface area contributed by atoms with Crippen molar-refractivity contribution in [2.45, 2.75) is 19.9 Å². The van der Waals surface area contributed by atoms with E-state index in [0.717, 1.165) is 15.4 Å². The molecule has 7 heteroatoms. The van der Waals surface area contributed by atoms with Crippen LogP contribution in [0.3, 0.4) is 0 Å². The smallest absolute Gasteiger partial charge is 0.351 e. The van der Waals surface area contributed by atoms with E-state index in [1.54, 1.807) is 11.3 Å². The minimum atomic E-state index is -0.534. The second-order valence-corrected chi connectivity index (χ2v) is 7.84. The zero-order chi connectivity index (χ0) is 18.5. The lowest BCUT2D eigenvalue weighted by molar-refractivity contribution is -0.124. The molecule has 3 rings (SSSR count). The Hall–Kier alpha value is -2.51. The standard InChI is InChI=1S/C19H18N2O3S2/c1-12(15-9-6-10-25-15)20-16(22)11-24-19(23)18-17(21-13(2)26-18)14-7-4-3-5-8-14/h3-10,12H,11H2,1-2H3,(H,20,22)/t12-/m0/s1. The Labute approximate surface area is 159 Å². The van der Waals surface area contributed by atoms with Crippen molar-refractivity contribution in [1.82, 2.24) is 10.3 Å². The van der Waals surface area contributed by atoms with Crippen molar-refractivity contribution < 1.29 is 14.3 Å². The molecule has 2 aromatic heterocycles. The lowest BCUT2D eigenvalue weighted by Gasteiger charge is -2.12. The van der Waals surface area contributed by atoms with Crippen LogP contribution in [-0.2, 0) is 9.53 Å². The minimum absolute atomic E-state index is 0.119. The Morgan fingerprint density at radius 3 is 2.65 bits per heavy atom. The third kappa shape index (κ3) is 4.36. The highest BCUT2D eigenvalue weighted by Gasteiger charge is 2.21. The van der Waals surface area contributed by atoms with E-state index in [9.17, 15) is 9.59 Å². The van der Waals surface area contributed by atoms with Crippen molar-refractivity contribution in [3.63, 3.8) is 0 Å². The van der Waals surface area contributed by atoms with Gasteiger partial charge in [-0.2, -0.15) is 0 Å². The summed E-state index contributed by atoms with van der Waals surface area (Å²) in [7, 11) is 0. The molecule has 0 saturated carbocycles. The first-order chi connectivity index (χ1) is 12.5. The fourth-order valence-electron chi connectivity index (χ4n) is 2.45. The quantitative estimate of drug-likeness (QED) is 0.644. The Balaban J connectivity index is 1.63. The topological polar surface area (TPSA) is 68.3 Å². The molecule has 0 unspecified atom stereocenters. The first-order valence-corrected chi connectivity index (χ1v) is 9.77. The number of hydrogen-bond acceptors (Lipinski definition) is 6. The van der Waals surface area contributed by atoms with Crippen LogP contribution in [0.4, 0.5) is 0 Å². The Morgan fingerprint density at radius 1 is 1.19 bits per heavy atom. The van der Waals surface area contributed by atoms with Crippen molar-refractivity contribution in [2.24, 2.45) is 0 Å². The van der Waals surface area contributed by atoms with E-state index in [4.69, 9.17) is 4.74 Å². The van der Waals surface area contributed by atoms with Gasteiger partial charge in [0.05, 0.1) is 16.7 Å². The van der Waals surface area contributed by atoms with Gasteiger partial charge < -0.3 is 10.1 Å². The number of nitrogens with zero attached hydrogens (tertiary/aromatic N) is 1. The summed E-state index contributed by atoms with van der Waals surface area (Å²) in [5, 5.41) is 5.55. The van der Waals surface area contributed by atoms with Gasteiger partial charge >= 0.3 is 5.97 Å². The van der Waals surface area contributed by atoms with Gasteiger partial charge in [-0.15, -0.1) is 22.7 Å². The van der Waals surface area contributed by atoms with Crippen molar-refractivity contribution in [1.29, 1.82) is 0 Å². The van der Waals surface area contributed by atoms with Crippen LogP contribution in [0.15, 0.2) is 47.8 Å². The number of carbonyl (C=O) groups is 2. The van der Waals surface area contributed by atoms with E-state index < -0.39 is 5.97 Å². The van der Waals surface area contributed by atoms with Gasteiger partial charge in [0.2, 0.25) is 0 Å². The molecule has 2 heterocycles. The maximum atomic E-state index is 12.4. The molecule has 0 spiro atoms. The average molecular weight is 386 g/mol. The predicted molar refractivity (Wildman–Crippen MR) is 103 cm³/mol. The number of hydrogen-bond donors (Lipinski definition) is 1. The van der Waals surface area contributed by atoms with Gasteiger partial charge in [0.25, 0.3) is 5.91 Å². The molecule has 0 bridgehead atoms. The SMILES string of the molecule is Cc1nc(-c2ccccc2)c(C(=O)OCC(=O)N[C@@H](C)c2cccs2)s1. The first-order valence-electron chi connectivity index (χ1n) is 8.07. The van der Waals surface area contributed by atoms with E-state index in [1.807, 2.05) is 61.7 Å². The van der Waals surface area contributed by atoms with Crippen LogP contribution in [0, 0.1) is 6.92 Å². The van der Waals surface area contributed by atoms with Gasteiger partial charge in [-0.05, 0) is 25.3 Å². The fourth-order valence-corrected chi connectivity index (χ4v) is 4.01. The Bertz CT molecular complexity index is 889. The Kier molecular flexibility index (Phi) is 5.80. The summed E-state index contributed by atoms with van der Waals surface area (Å²) < 4.78 is 5.21. The van der Waals surface area contributed by atoms with Crippen LogP contribution in [-0.4, -0.2) is 23.5 Å². The number of aryl methyl sites for hydroxylation is 1. The van der Waals surface area contributed by atoms with Gasteiger partial charge in [-0.25, -0.2) is 9.78 Å². The van der Waals surface area contributed by atoms with Crippen LogP contribution in [0.2, 0.25) is 0 Å². The second-order valence-electron chi connectivity index (χ2n) is 5.66. The largest absolute Gasteiger partial charge is 0.451 e. The van der Waals surface area contributed by atoms with E-state index in [1.165, 1.54) is 11.3 Å². The normalized spacial score (nSPS) is 11.8. The summed E-state index contributed by atoms with van der Waals surface area (Å²) in [6, 6.07) is 13.2.